The summed E-state index contributed by atoms with van der Waals surface area (Å²) in [5, 5.41) is 0.0172. The number of rotatable bonds is 7. The van der Waals surface area contributed by atoms with E-state index in [0.29, 0.717) is 6.04 Å². The molecule has 1 fully saturated rings. The van der Waals surface area contributed by atoms with E-state index in [1.54, 1.807) is 23.9 Å². The highest BCUT2D eigenvalue weighted by molar-refractivity contribution is 7.99. The standard InChI is InChI=1S/C17H26FN3OS/c1-12(23-3)17(22)21(2)9-5-8-15-11-16(20-19-15)13-6-4-7-14(18)10-13/h4,6-7,10,12,15-16,19-20H,5,8-9,11H2,1-3H3. The molecule has 0 radical (unpaired) electrons. The summed E-state index contributed by atoms with van der Waals surface area (Å²) in [5.74, 6) is -0.0107. The molecule has 6 heteroatoms. The van der Waals surface area contributed by atoms with E-state index in [9.17, 15) is 9.18 Å². The Morgan fingerprint density at radius 1 is 1.48 bits per heavy atom. The molecule has 1 aromatic rings. The van der Waals surface area contributed by atoms with Gasteiger partial charge in [0.05, 0.1) is 5.25 Å². The van der Waals surface area contributed by atoms with Gasteiger partial charge in [-0.2, -0.15) is 11.8 Å². The highest BCUT2D eigenvalue weighted by Crippen LogP contribution is 2.24. The molecule has 1 aliphatic heterocycles. The first kappa shape index (κ1) is 18.2. The van der Waals surface area contributed by atoms with E-state index in [0.717, 1.165) is 31.4 Å². The van der Waals surface area contributed by atoms with E-state index in [2.05, 4.69) is 10.9 Å². The van der Waals surface area contributed by atoms with Crippen LogP contribution >= 0.6 is 11.8 Å². The SMILES string of the molecule is CSC(C)C(=O)N(C)CCCC1CC(c2cccc(F)c2)NN1. The number of carbonyl (C=O) groups excluding carboxylic acids is 1. The maximum Gasteiger partial charge on any atom is 0.235 e. The van der Waals surface area contributed by atoms with E-state index >= 15 is 0 Å². The summed E-state index contributed by atoms with van der Waals surface area (Å²) in [5.41, 5.74) is 7.49. The van der Waals surface area contributed by atoms with Crippen molar-refractivity contribution in [1.82, 2.24) is 15.8 Å². The van der Waals surface area contributed by atoms with Crippen LogP contribution in [0.5, 0.6) is 0 Å². The van der Waals surface area contributed by atoms with Crippen LogP contribution in [0.4, 0.5) is 4.39 Å². The molecule has 1 amide bonds. The van der Waals surface area contributed by atoms with Crippen molar-refractivity contribution in [3.05, 3.63) is 35.6 Å². The number of benzene rings is 1. The topological polar surface area (TPSA) is 44.4 Å². The average Bonchev–Trinajstić information content (AvgIpc) is 3.02. The zero-order valence-corrected chi connectivity index (χ0v) is 14.8. The van der Waals surface area contributed by atoms with Gasteiger partial charge >= 0.3 is 0 Å². The molecule has 0 aliphatic carbocycles. The highest BCUT2D eigenvalue weighted by atomic mass is 32.2. The van der Waals surface area contributed by atoms with Gasteiger partial charge < -0.3 is 4.90 Å². The Morgan fingerprint density at radius 3 is 2.96 bits per heavy atom. The lowest BCUT2D eigenvalue weighted by molar-refractivity contribution is -0.129. The predicted octanol–water partition coefficient (Wildman–Crippen LogP) is 2.72. The second kappa shape index (κ2) is 8.66. The minimum atomic E-state index is -0.198. The first-order valence-corrected chi connectivity index (χ1v) is 9.34. The molecule has 1 aromatic carbocycles. The molecule has 0 bridgehead atoms. The lowest BCUT2D eigenvalue weighted by Gasteiger charge is -2.21. The van der Waals surface area contributed by atoms with E-state index < -0.39 is 0 Å². The number of thioether (sulfide) groups is 1. The number of hydrogen-bond donors (Lipinski definition) is 2. The Labute approximate surface area is 142 Å². The van der Waals surface area contributed by atoms with Crippen LogP contribution in [0.1, 0.15) is 37.8 Å². The Balaban J connectivity index is 1.73. The van der Waals surface area contributed by atoms with Crippen LogP contribution in [-0.4, -0.2) is 41.9 Å². The highest BCUT2D eigenvalue weighted by Gasteiger charge is 2.25. The fraction of sp³-hybridized carbons (Fsp3) is 0.588. The smallest absolute Gasteiger partial charge is 0.235 e. The van der Waals surface area contributed by atoms with Crippen molar-refractivity contribution in [2.75, 3.05) is 19.8 Å². The van der Waals surface area contributed by atoms with Crippen molar-refractivity contribution in [1.29, 1.82) is 0 Å². The zero-order valence-electron chi connectivity index (χ0n) is 14.0. The molecule has 0 aromatic heterocycles. The molecule has 2 N–H and O–H groups in total. The normalized spacial score (nSPS) is 22.1. The van der Waals surface area contributed by atoms with Crippen molar-refractivity contribution in [3.8, 4) is 0 Å². The van der Waals surface area contributed by atoms with Crippen LogP contribution < -0.4 is 10.9 Å². The first-order valence-electron chi connectivity index (χ1n) is 8.05. The molecule has 2 rings (SSSR count). The van der Waals surface area contributed by atoms with Crippen LogP contribution in [0.25, 0.3) is 0 Å². The summed E-state index contributed by atoms with van der Waals surface area (Å²) >= 11 is 1.57. The molecule has 0 spiro atoms. The first-order chi connectivity index (χ1) is 11.0. The van der Waals surface area contributed by atoms with Gasteiger partial charge in [0.15, 0.2) is 0 Å². The molecule has 23 heavy (non-hydrogen) atoms. The molecule has 128 valence electrons. The number of amides is 1. The maximum absolute atomic E-state index is 13.3. The summed E-state index contributed by atoms with van der Waals surface area (Å²) in [4.78, 5) is 13.8. The summed E-state index contributed by atoms with van der Waals surface area (Å²) in [6, 6.07) is 7.23. The Bertz CT molecular complexity index is 528. The van der Waals surface area contributed by atoms with Gasteiger partial charge in [-0.05, 0) is 50.1 Å². The van der Waals surface area contributed by atoms with Gasteiger partial charge in [0, 0.05) is 25.7 Å². The van der Waals surface area contributed by atoms with Crippen LogP contribution in [0.2, 0.25) is 0 Å². The number of nitrogens with zero attached hydrogens (tertiary/aromatic N) is 1. The van der Waals surface area contributed by atoms with Crippen LogP contribution in [0.15, 0.2) is 24.3 Å². The maximum atomic E-state index is 13.3. The van der Waals surface area contributed by atoms with E-state index in [1.807, 2.05) is 31.2 Å². The molecule has 3 atom stereocenters. The average molecular weight is 339 g/mol. The largest absolute Gasteiger partial charge is 0.345 e. The number of halogens is 1. The van der Waals surface area contributed by atoms with E-state index in [4.69, 9.17) is 0 Å². The molecule has 4 nitrogen and oxygen atoms in total. The fourth-order valence-corrected chi connectivity index (χ4v) is 3.23. The van der Waals surface area contributed by atoms with Gasteiger partial charge in [0.2, 0.25) is 5.91 Å². The third-order valence-electron chi connectivity index (χ3n) is 4.36. The molecular weight excluding hydrogens is 313 g/mol. The van der Waals surface area contributed by atoms with Gasteiger partial charge in [0.1, 0.15) is 5.82 Å². The molecule has 3 unspecified atom stereocenters. The van der Waals surface area contributed by atoms with Gasteiger partial charge in [-0.1, -0.05) is 12.1 Å². The number of hydrogen-bond acceptors (Lipinski definition) is 4. The third-order valence-corrected chi connectivity index (χ3v) is 5.27. The zero-order chi connectivity index (χ0) is 16.8. The second-order valence-electron chi connectivity index (χ2n) is 6.11. The number of nitrogens with one attached hydrogen (secondary N) is 2. The van der Waals surface area contributed by atoms with Crippen LogP contribution in [0.3, 0.4) is 0 Å². The van der Waals surface area contributed by atoms with E-state index in [-0.39, 0.29) is 23.0 Å². The Hall–Kier alpha value is -1.11. The van der Waals surface area contributed by atoms with Gasteiger partial charge in [-0.15, -0.1) is 0 Å². The molecule has 1 aliphatic rings. The Morgan fingerprint density at radius 2 is 2.26 bits per heavy atom. The van der Waals surface area contributed by atoms with Crippen LogP contribution in [-0.2, 0) is 4.79 Å². The monoisotopic (exact) mass is 339 g/mol. The van der Waals surface area contributed by atoms with Gasteiger partial charge in [0.25, 0.3) is 0 Å². The molecule has 1 heterocycles. The van der Waals surface area contributed by atoms with Crippen molar-refractivity contribution in [2.24, 2.45) is 0 Å². The molecule has 0 saturated carbocycles. The van der Waals surface area contributed by atoms with Crippen molar-refractivity contribution in [3.63, 3.8) is 0 Å². The quantitative estimate of drug-likeness (QED) is 0.802. The summed E-state index contributed by atoms with van der Waals surface area (Å²) in [7, 11) is 1.87. The van der Waals surface area contributed by atoms with Crippen molar-refractivity contribution >= 4 is 17.7 Å². The van der Waals surface area contributed by atoms with Crippen LogP contribution in [0, 0.1) is 5.82 Å². The second-order valence-corrected chi connectivity index (χ2v) is 7.29. The minimum Gasteiger partial charge on any atom is -0.345 e. The predicted molar refractivity (Wildman–Crippen MR) is 93.7 cm³/mol. The number of carbonyl (C=O) groups is 1. The van der Waals surface area contributed by atoms with Gasteiger partial charge in [-0.3, -0.25) is 15.6 Å². The molecular formula is C17H26FN3OS. The molecule has 1 saturated heterocycles. The third kappa shape index (κ3) is 5.19. The summed E-state index contributed by atoms with van der Waals surface area (Å²) in [6.07, 6.45) is 4.84. The lowest BCUT2D eigenvalue weighted by Crippen LogP contribution is -2.35. The fourth-order valence-electron chi connectivity index (χ4n) is 2.85. The lowest BCUT2D eigenvalue weighted by atomic mass is 9.99. The van der Waals surface area contributed by atoms with Crippen molar-refractivity contribution < 1.29 is 9.18 Å². The van der Waals surface area contributed by atoms with Gasteiger partial charge in [-0.25, -0.2) is 4.39 Å². The summed E-state index contributed by atoms with van der Waals surface area (Å²) in [6.45, 7) is 2.71. The van der Waals surface area contributed by atoms with E-state index in [1.165, 1.54) is 6.07 Å². The Kier molecular flexibility index (Phi) is 6.87. The number of hydrazine groups is 1. The van der Waals surface area contributed by atoms with Crippen molar-refractivity contribution in [2.45, 2.75) is 43.5 Å². The summed E-state index contributed by atoms with van der Waals surface area (Å²) < 4.78 is 13.3. The minimum absolute atomic E-state index is 0.0172.